The van der Waals surface area contributed by atoms with E-state index in [0.717, 1.165) is 33.8 Å². The zero-order valence-electron chi connectivity index (χ0n) is 15.8. The van der Waals surface area contributed by atoms with E-state index >= 15 is 0 Å². The van der Waals surface area contributed by atoms with Crippen LogP contribution < -0.4 is 5.32 Å². The Morgan fingerprint density at radius 2 is 1.97 bits per heavy atom. The number of rotatable bonds is 4. The third-order valence-electron chi connectivity index (χ3n) is 5.67. The Hall–Kier alpha value is -3.17. The lowest BCUT2D eigenvalue weighted by Crippen LogP contribution is -2.32. The first-order chi connectivity index (χ1) is 13.8. The Kier molecular flexibility index (Phi) is 3.65. The van der Waals surface area contributed by atoms with Crippen molar-refractivity contribution in [2.45, 2.75) is 25.9 Å². The minimum atomic E-state index is -4.21. The van der Waals surface area contributed by atoms with Crippen LogP contribution in [0.1, 0.15) is 18.7 Å². The summed E-state index contributed by atoms with van der Waals surface area (Å²) in [5.41, 5.74) is 2.26. The third-order valence-corrected chi connectivity index (χ3v) is 5.67. The summed E-state index contributed by atoms with van der Waals surface area (Å²) >= 11 is 0. The van der Waals surface area contributed by atoms with Gasteiger partial charge in [-0.05, 0) is 38.0 Å². The van der Waals surface area contributed by atoms with E-state index in [4.69, 9.17) is 4.98 Å². The van der Waals surface area contributed by atoms with Crippen LogP contribution in [0.2, 0.25) is 0 Å². The van der Waals surface area contributed by atoms with E-state index in [1.165, 1.54) is 0 Å². The number of hydrogen-bond acceptors (Lipinski definition) is 5. The zero-order valence-corrected chi connectivity index (χ0v) is 15.8. The molecular weight excluding hydrogens is 383 g/mol. The highest BCUT2D eigenvalue weighted by atomic mass is 19.4. The van der Waals surface area contributed by atoms with E-state index in [0.29, 0.717) is 0 Å². The summed E-state index contributed by atoms with van der Waals surface area (Å²) in [4.78, 5) is 13.4. The van der Waals surface area contributed by atoms with Crippen LogP contribution in [0, 0.1) is 12.3 Å². The monoisotopic (exact) mass is 401 g/mol. The topological polar surface area (TPSA) is 72.9 Å². The van der Waals surface area contributed by atoms with Gasteiger partial charge in [0.1, 0.15) is 11.3 Å². The van der Waals surface area contributed by atoms with Crippen molar-refractivity contribution in [2.24, 2.45) is 12.5 Å². The summed E-state index contributed by atoms with van der Waals surface area (Å²) in [5, 5.41) is 7.04. The summed E-state index contributed by atoms with van der Waals surface area (Å²) in [6.45, 7) is 1.70. The molecule has 5 rings (SSSR count). The molecule has 1 aliphatic carbocycles. The van der Waals surface area contributed by atoms with Crippen molar-refractivity contribution in [1.82, 2.24) is 29.1 Å². The van der Waals surface area contributed by atoms with Crippen LogP contribution in [0.15, 0.2) is 30.6 Å². The standard InChI is InChI=1S/C19H18F3N7/c1-11-25-14-4-3-13(26-16(14)28(11)2)12-5-8-29-15(12)9-23-17(27-29)24-10-18(6-7-18)19(20,21)22/h3-5,8-9H,6-7,10H2,1-2H3,(H,24,27). The van der Waals surface area contributed by atoms with Crippen LogP contribution >= 0.6 is 0 Å². The number of imidazole rings is 1. The minimum absolute atomic E-state index is 0.140. The number of fused-ring (bicyclic) bond motifs is 2. The van der Waals surface area contributed by atoms with Crippen LogP contribution in [0.25, 0.3) is 27.9 Å². The molecule has 4 heterocycles. The number of hydrogen-bond donors (Lipinski definition) is 1. The molecule has 1 aliphatic rings. The molecule has 0 aliphatic heterocycles. The number of aromatic nitrogens is 6. The van der Waals surface area contributed by atoms with Crippen molar-refractivity contribution < 1.29 is 13.2 Å². The predicted octanol–water partition coefficient (Wildman–Crippen LogP) is 3.74. The van der Waals surface area contributed by atoms with Crippen LogP contribution in [-0.4, -0.2) is 41.9 Å². The van der Waals surface area contributed by atoms with Gasteiger partial charge in [-0.1, -0.05) is 0 Å². The van der Waals surface area contributed by atoms with Gasteiger partial charge in [0.05, 0.1) is 22.8 Å². The van der Waals surface area contributed by atoms with Gasteiger partial charge in [-0.15, -0.1) is 5.10 Å². The molecular formula is C19H18F3N7. The third kappa shape index (κ3) is 2.81. The second-order valence-corrected chi connectivity index (χ2v) is 7.53. The first-order valence-corrected chi connectivity index (χ1v) is 9.23. The van der Waals surface area contributed by atoms with Gasteiger partial charge < -0.3 is 9.88 Å². The van der Waals surface area contributed by atoms with Crippen molar-refractivity contribution in [2.75, 3.05) is 11.9 Å². The fraction of sp³-hybridized carbons (Fsp3) is 0.368. The van der Waals surface area contributed by atoms with Gasteiger partial charge >= 0.3 is 6.18 Å². The molecule has 0 radical (unpaired) electrons. The summed E-state index contributed by atoms with van der Waals surface area (Å²) in [7, 11) is 1.91. The number of alkyl halides is 3. The fourth-order valence-corrected chi connectivity index (χ4v) is 3.49. The van der Waals surface area contributed by atoms with Gasteiger partial charge in [-0.2, -0.15) is 13.2 Å². The highest BCUT2D eigenvalue weighted by Crippen LogP contribution is 2.57. The quantitative estimate of drug-likeness (QED) is 0.564. The Balaban J connectivity index is 1.45. The second-order valence-electron chi connectivity index (χ2n) is 7.53. The Morgan fingerprint density at radius 3 is 2.69 bits per heavy atom. The normalized spacial score (nSPS) is 15.9. The van der Waals surface area contributed by atoms with E-state index in [1.54, 1.807) is 16.9 Å². The van der Waals surface area contributed by atoms with Crippen molar-refractivity contribution in [3.63, 3.8) is 0 Å². The lowest BCUT2D eigenvalue weighted by Gasteiger charge is -2.19. The molecule has 1 saturated carbocycles. The second kappa shape index (κ2) is 5.91. The molecule has 0 amide bonds. The molecule has 0 saturated heterocycles. The number of aryl methyl sites for hydroxylation is 2. The molecule has 7 nitrogen and oxygen atoms in total. The molecule has 0 aromatic carbocycles. The molecule has 1 fully saturated rings. The minimum Gasteiger partial charge on any atom is -0.352 e. The highest BCUT2D eigenvalue weighted by molar-refractivity contribution is 5.82. The molecule has 1 N–H and O–H groups in total. The van der Waals surface area contributed by atoms with Gasteiger partial charge in [0.15, 0.2) is 5.65 Å². The van der Waals surface area contributed by atoms with Crippen molar-refractivity contribution in [3.05, 3.63) is 36.4 Å². The first-order valence-electron chi connectivity index (χ1n) is 9.23. The summed E-state index contributed by atoms with van der Waals surface area (Å²) in [6.07, 6.45) is -0.589. The zero-order chi connectivity index (χ0) is 20.4. The maximum absolute atomic E-state index is 13.1. The van der Waals surface area contributed by atoms with Crippen LogP contribution in [0.5, 0.6) is 0 Å². The number of pyridine rings is 1. The van der Waals surface area contributed by atoms with Crippen LogP contribution in [0.3, 0.4) is 0 Å². The summed E-state index contributed by atoms with van der Waals surface area (Å²) in [6, 6.07) is 5.66. The lowest BCUT2D eigenvalue weighted by atomic mass is 10.1. The van der Waals surface area contributed by atoms with Gasteiger partial charge in [0, 0.05) is 25.4 Å². The Morgan fingerprint density at radius 1 is 1.17 bits per heavy atom. The van der Waals surface area contributed by atoms with Crippen molar-refractivity contribution >= 4 is 22.6 Å². The lowest BCUT2D eigenvalue weighted by molar-refractivity contribution is -0.182. The maximum Gasteiger partial charge on any atom is 0.396 e. The van der Waals surface area contributed by atoms with E-state index in [1.807, 2.05) is 36.7 Å². The van der Waals surface area contributed by atoms with Crippen molar-refractivity contribution in [1.29, 1.82) is 0 Å². The van der Waals surface area contributed by atoms with Crippen LogP contribution in [0.4, 0.5) is 19.1 Å². The van der Waals surface area contributed by atoms with Gasteiger partial charge in [-0.25, -0.2) is 19.5 Å². The van der Waals surface area contributed by atoms with Crippen LogP contribution in [-0.2, 0) is 7.05 Å². The van der Waals surface area contributed by atoms with E-state index in [9.17, 15) is 13.2 Å². The molecule has 4 aromatic heterocycles. The first kappa shape index (κ1) is 17.9. The predicted molar refractivity (Wildman–Crippen MR) is 101 cm³/mol. The van der Waals surface area contributed by atoms with E-state index in [-0.39, 0.29) is 25.3 Å². The molecule has 0 bridgehead atoms. The summed E-state index contributed by atoms with van der Waals surface area (Å²) < 4.78 is 42.8. The van der Waals surface area contributed by atoms with Gasteiger partial charge in [0.25, 0.3) is 0 Å². The number of anilines is 1. The van der Waals surface area contributed by atoms with E-state index in [2.05, 4.69) is 20.4 Å². The molecule has 4 aromatic rings. The largest absolute Gasteiger partial charge is 0.396 e. The molecule has 10 heteroatoms. The molecule has 0 spiro atoms. The average molecular weight is 401 g/mol. The summed E-state index contributed by atoms with van der Waals surface area (Å²) in [5.74, 6) is 1.04. The smallest absolute Gasteiger partial charge is 0.352 e. The molecule has 0 atom stereocenters. The highest BCUT2D eigenvalue weighted by Gasteiger charge is 2.62. The number of nitrogens with zero attached hydrogens (tertiary/aromatic N) is 6. The molecule has 0 unspecified atom stereocenters. The van der Waals surface area contributed by atoms with E-state index < -0.39 is 11.6 Å². The number of nitrogens with one attached hydrogen (secondary N) is 1. The van der Waals surface area contributed by atoms with Crippen molar-refractivity contribution in [3.8, 4) is 11.3 Å². The number of halogens is 3. The van der Waals surface area contributed by atoms with Gasteiger partial charge in [-0.3, -0.25) is 0 Å². The molecule has 29 heavy (non-hydrogen) atoms. The SMILES string of the molecule is Cc1nc2ccc(-c3ccn4nc(NCC5(C(F)(F)F)CC5)ncc34)nc2n1C. The Bertz CT molecular complexity index is 1230. The maximum atomic E-state index is 13.1. The molecule has 150 valence electrons. The van der Waals surface area contributed by atoms with Gasteiger partial charge in [0.2, 0.25) is 5.95 Å². The average Bonchev–Trinajstić information content (AvgIpc) is 3.31. The Labute approximate surface area is 163 Å². The fourth-order valence-electron chi connectivity index (χ4n) is 3.49.